The minimum atomic E-state index is -1.28. The second-order valence-corrected chi connectivity index (χ2v) is 5.44. The van der Waals surface area contributed by atoms with Gasteiger partial charge in [0.1, 0.15) is 6.10 Å². The van der Waals surface area contributed by atoms with E-state index in [1.165, 1.54) is 6.08 Å². The van der Waals surface area contributed by atoms with Gasteiger partial charge in [0.15, 0.2) is 5.78 Å². The fourth-order valence-electron chi connectivity index (χ4n) is 2.50. The topological polar surface area (TPSA) is 63.6 Å². The van der Waals surface area contributed by atoms with Crippen molar-refractivity contribution >= 4 is 29.6 Å². The van der Waals surface area contributed by atoms with Gasteiger partial charge in [-0.3, -0.25) is 4.79 Å². The van der Waals surface area contributed by atoms with Crippen molar-refractivity contribution in [2.24, 2.45) is 0 Å². The predicted octanol–water partition coefficient (Wildman–Crippen LogP) is 4.40. The predicted molar refractivity (Wildman–Crippen MR) is 80.6 cm³/mol. The van der Waals surface area contributed by atoms with Gasteiger partial charge in [-0.25, -0.2) is 4.79 Å². The summed E-state index contributed by atoms with van der Waals surface area (Å²) in [5.74, 6) is 0.0705. The maximum atomic E-state index is 11.5. The molecule has 0 radical (unpaired) electrons. The molecule has 0 aromatic heterocycles. The standard InChI is InChI=1S/C16H17ClO4/c1-2-3-12(18)6-4-11-8-10-5-7-15(21-16(19)20)13(10)9-14(11)17/h4,6,8-9,15H,2-3,5,7H2,1H3,(H,19,20). The maximum absolute atomic E-state index is 11.5. The number of carbonyl (C=O) groups excluding carboxylic acids is 1. The Labute approximate surface area is 128 Å². The molecule has 1 N–H and O–H groups in total. The third kappa shape index (κ3) is 3.85. The molecule has 1 atom stereocenters. The fraction of sp³-hybridized carbons (Fsp3) is 0.375. The summed E-state index contributed by atoms with van der Waals surface area (Å²) >= 11 is 6.20. The molecule has 1 unspecified atom stereocenters. The van der Waals surface area contributed by atoms with E-state index in [1.807, 2.05) is 13.0 Å². The summed E-state index contributed by atoms with van der Waals surface area (Å²) < 4.78 is 4.85. The fourth-order valence-corrected chi connectivity index (χ4v) is 2.73. The van der Waals surface area contributed by atoms with Crippen molar-refractivity contribution in [2.75, 3.05) is 0 Å². The summed E-state index contributed by atoms with van der Waals surface area (Å²) in [7, 11) is 0. The molecule has 0 aliphatic heterocycles. The Morgan fingerprint density at radius 2 is 2.24 bits per heavy atom. The quantitative estimate of drug-likeness (QED) is 0.646. The van der Waals surface area contributed by atoms with Gasteiger partial charge < -0.3 is 9.84 Å². The van der Waals surface area contributed by atoms with Crippen LogP contribution in [0.5, 0.6) is 0 Å². The molecule has 1 aliphatic carbocycles. The van der Waals surface area contributed by atoms with E-state index >= 15 is 0 Å². The van der Waals surface area contributed by atoms with Crippen LogP contribution in [0.25, 0.3) is 6.08 Å². The van der Waals surface area contributed by atoms with Crippen molar-refractivity contribution in [1.82, 2.24) is 0 Å². The molecular formula is C16H17ClO4. The van der Waals surface area contributed by atoms with Gasteiger partial charge >= 0.3 is 6.16 Å². The van der Waals surface area contributed by atoms with E-state index in [0.29, 0.717) is 17.9 Å². The number of allylic oxidation sites excluding steroid dienone is 1. The normalized spacial score (nSPS) is 17.0. The Morgan fingerprint density at radius 1 is 1.48 bits per heavy atom. The highest BCUT2D eigenvalue weighted by Gasteiger charge is 2.26. The Bertz CT molecular complexity index is 592. The van der Waals surface area contributed by atoms with Gasteiger partial charge in [-0.05, 0) is 60.2 Å². The molecular weight excluding hydrogens is 292 g/mol. The summed E-state index contributed by atoms with van der Waals surface area (Å²) in [6, 6.07) is 3.64. The molecule has 5 heteroatoms. The third-order valence-corrected chi connectivity index (χ3v) is 3.80. The van der Waals surface area contributed by atoms with E-state index in [2.05, 4.69) is 0 Å². The lowest BCUT2D eigenvalue weighted by molar-refractivity contribution is -0.114. The first kappa shape index (κ1) is 15.6. The Kier molecular flexibility index (Phi) is 5.02. The first-order chi connectivity index (χ1) is 10.0. The van der Waals surface area contributed by atoms with E-state index in [9.17, 15) is 9.59 Å². The van der Waals surface area contributed by atoms with Gasteiger partial charge in [0.2, 0.25) is 0 Å². The molecule has 0 spiro atoms. The number of ketones is 1. The van der Waals surface area contributed by atoms with Crippen LogP contribution in [0.4, 0.5) is 4.79 Å². The van der Waals surface area contributed by atoms with Gasteiger partial charge in [-0.15, -0.1) is 0 Å². The number of halogens is 1. The molecule has 112 valence electrons. The highest BCUT2D eigenvalue weighted by atomic mass is 35.5. The molecule has 0 amide bonds. The second-order valence-electron chi connectivity index (χ2n) is 5.03. The number of hydrogen-bond acceptors (Lipinski definition) is 3. The van der Waals surface area contributed by atoms with Crippen LogP contribution in [0.3, 0.4) is 0 Å². The van der Waals surface area contributed by atoms with Crippen LogP contribution in [0, 0.1) is 0 Å². The molecule has 4 nitrogen and oxygen atoms in total. The summed E-state index contributed by atoms with van der Waals surface area (Å²) in [6.45, 7) is 1.96. The van der Waals surface area contributed by atoms with Crippen LogP contribution in [0.2, 0.25) is 5.02 Å². The number of carbonyl (C=O) groups is 2. The van der Waals surface area contributed by atoms with Gasteiger partial charge in [0.25, 0.3) is 0 Å². The SMILES string of the molecule is CCCC(=O)C=Cc1cc2c(cc1Cl)C(OC(=O)O)CC2. The number of hydrogen-bond donors (Lipinski definition) is 1. The lowest BCUT2D eigenvalue weighted by Gasteiger charge is -2.11. The van der Waals surface area contributed by atoms with Crippen molar-refractivity contribution in [1.29, 1.82) is 0 Å². The largest absolute Gasteiger partial charge is 0.506 e. The maximum Gasteiger partial charge on any atom is 0.506 e. The smallest absolute Gasteiger partial charge is 0.450 e. The minimum absolute atomic E-state index is 0.0705. The third-order valence-electron chi connectivity index (χ3n) is 3.47. The number of aryl methyl sites for hydroxylation is 1. The summed E-state index contributed by atoms with van der Waals surface area (Å²) in [5, 5.41) is 9.21. The Morgan fingerprint density at radius 3 is 2.90 bits per heavy atom. The van der Waals surface area contributed by atoms with Crippen molar-refractivity contribution < 1.29 is 19.4 Å². The molecule has 1 aromatic rings. The zero-order chi connectivity index (χ0) is 15.4. The summed E-state index contributed by atoms with van der Waals surface area (Å²) in [4.78, 5) is 22.2. The first-order valence-electron chi connectivity index (χ1n) is 6.94. The number of benzene rings is 1. The monoisotopic (exact) mass is 308 g/mol. The summed E-state index contributed by atoms with van der Waals surface area (Å²) in [6.07, 6.45) is 4.23. The number of carboxylic acid groups (broad SMARTS) is 1. The Balaban J connectivity index is 2.21. The molecule has 1 aromatic carbocycles. The van der Waals surface area contributed by atoms with Crippen LogP contribution in [-0.2, 0) is 16.0 Å². The molecule has 21 heavy (non-hydrogen) atoms. The van der Waals surface area contributed by atoms with Crippen molar-refractivity contribution in [3.05, 3.63) is 39.9 Å². The van der Waals surface area contributed by atoms with Crippen molar-refractivity contribution in [2.45, 2.75) is 38.7 Å². The Hall–Kier alpha value is -1.81. The van der Waals surface area contributed by atoms with Crippen molar-refractivity contribution in [3.8, 4) is 0 Å². The van der Waals surface area contributed by atoms with E-state index in [4.69, 9.17) is 21.4 Å². The zero-order valence-electron chi connectivity index (χ0n) is 11.8. The molecule has 0 saturated carbocycles. The lowest BCUT2D eigenvalue weighted by atomic mass is 10.0. The second kappa shape index (κ2) is 6.76. The van der Waals surface area contributed by atoms with E-state index < -0.39 is 12.3 Å². The van der Waals surface area contributed by atoms with E-state index in [1.54, 1.807) is 12.1 Å². The number of rotatable bonds is 5. The zero-order valence-corrected chi connectivity index (χ0v) is 12.5. The van der Waals surface area contributed by atoms with Gasteiger partial charge in [-0.1, -0.05) is 18.5 Å². The van der Waals surface area contributed by atoms with Crippen LogP contribution in [-0.4, -0.2) is 17.0 Å². The van der Waals surface area contributed by atoms with Gasteiger partial charge in [0.05, 0.1) is 0 Å². The highest BCUT2D eigenvalue weighted by molar-refractivity contribution is 6.32. The molecule has 0 saturated heterocycles. The van der Waals surface area contributed by atoms with Crippen molar-refractivity contribution in [3.63, 3.8) is 0 Å². The van der Waals surface area contributed by atoms with Gasteiger partial charge in [0, 0.05) is 11.4 Å². The molecule has 2 rings (SSSR count). The summed E-state index contributed by atoms with van der Waals surface area (Å²) in [5.41, 5.74) is 2.61. The van der Waals surface area contributed by atoms with E-state index in [0.717, 1.165) is 29.5 Å². The van der Waals surface area contributed by atoms with Crippen LogP contribution in [0.1, 0.15) is 49.0 Å². The first-order valence-corrected chi connectivity index (χ1v) is 7.32. The van der Waals surface area contributed by atoms with Crippen LogP contribution in [0.15, 0.2) is 18.2 Å². The molecule has 0 bridgehead atoms. The minimum Gasteiger partial charge on any atom is -0.450 e. The average Bonchev–Trinajstić information content (AvgIpc) is 2.78. The molecule has 0 fully saturated rings. The van der Waals surface area contributed by atoms with E-state index in [-0.39, 0.29) is 5.78 Å². The lowest BCUT2D eigenvalue weighted by Crippen LogP contribution is -2.06. The highest BCUT2D eigenvalue weighted by Crippen LogP contribution is 2.37. The number of ether oxygens (including phenoxy) is 1. The number of fused-ring (bicyclic) bond motifs is 1. The molecule has 0 heterocycles. The average molecular weight is 309 g/mol. The van der Waals surface area contributed by atoms with Crippen LogP contribution >= 0.6 is 11.6 Å². The van der Waals surface area contributed by atoms with Gasteiger partial charge in [-0.2, -0.15) is 0 Å². The van der Waals surface area contributed by atoms with Crippen LogP contribution < -0.4 is 0 Å². The molecule has 1 aliphatic rings.